The maximum atomic E-state index is 12.4. The summed E-state index contributed by atoms with van der Waals surface area (Å²) in [6, 6.07) is 11.7. The summed E-state index contributed by atoms with van der Waals surface area (Å²) in [4.78, 5) is 32.6. The highest BCUT2D eigenvalue weighted by Crippen LogP contribution is 2.22. The number of terminal acetylenes is 1. The number of hydrogen-bond acceptors (Lipinski definition) is 6. The Hall–Kier alpha value is -3.48. The highest BCUT2D eigenvalue weighted by Gasteiger charge is 2.17. The number of Topliss-reactive ketones (excluding diaryl/α,β-unsaturated/α-hetero) is 1. The zero-order chi connectivity index (χ0) is 22.8. The molecular weight excluding hydrogens is 416 g/mol. The van der Waals surface area contributed by atoms with Gasteiger partial charge in [0.25, 0.3) is 5.56 Å². The van der Waals surface area contributed by atoms with Crippen LogP contribution in [0.15, 0.2) is 52.2 Å². The molecule has 0 unspecified atom stereocenters. The molecule has 8 nitrogen and oxygen atoms in total. The Balaban J connectivity index is 1.93. The van der Waals surface area contributed by atoms with E-state index in [1.807, 2.05) is 11.0 Å². The summed E-state index contributed by atoms with van der Waals surface area (Å²) in [6.45, 7) is 2.02. The lowest BCUT2D eigenvalue weighted by Crippen LogP contribution is -2.24. The number of ketones is 1. The molecule has 0 aliphatic carbocycles. The van der Waals surface area contributed by atoms with Gasteiger partial charge < -0.3 is 9.88 Å². The second-order valence-corrected chi connectivity index (χ2v) is 9.32. The molecule has 1 heterocycles. The molecule has 0 atom stereocenters. The number of nitrogens with one attached hydrogen (secondary N) is 1. The molecule has 0 radical (unpaired) electrons. The number of anilines is 1. The molecule has 0 amide bonds. The number of benzene rings is 2. The van der Waals surface area contributed by atoms with Crippen LogP contribution in [0, 0.1) is 12.3 Å². The third-order valence-corrected chi connectivity index (χ3v) is 6.57. The number of nitrogens with zero attached hydrogens (tertiary/aromatic N) is 3. The standard InChI is InChI=1S/C22H22N4O4S/c1-5-12-26(17-7-9-18(10-8-17)31(29,30)25(3)4)14-16-6-11-20-19(13-16)22(28)24-21(23-20)15(2)27/h1,6-11,13H,12,14H2,2-4H3,(H,23,24,28). The van der Waals surface area contributed by atoms with Crippen LogP contribution in [0.1, 0.15) is 23.1 Å². The van der Waals surface area contributed by atoms with E-state index in [0.717, 1.165) is 15.6 Å². The van der Waals surface area contributed by atoms with Crippen molar-refractivity contribution in [3.8, 4) is 12.3 Å². The molecule has 2 aromatic carbocycles. The predicted molar refractivity (Wildman–Crippen MR) is 120 cm³/mol. The van der Waals surface area contributed by atoms with Gasteiger partial charge in [-0.15, -0.1) is 6.42 Å². The van der Waals surface area contributed by atoms with Gasteiger partial charge in [0.2, 0.25) is 10.0 Å². The van der Waals surface area contributed by atoms with E-state index < -0.39 is 15.6 Å². The first-order valence-corrected chi connectivity index (χ1v) is 10.8. The van der Waals surface area contributed by atoms with Crippen LogP contribution >= 0.6 is 0 Å². The summed E-state index contributed by atoms with van der Waals surface area (Å²) >= 11 is 0. The number of aromatic nitrogens is 2. The number of H-pyrrole nitrogens is 1. The summed E-state index contributed by atoms with van der Waals surface area (Å²) in [6.07, 6.45) is 5.53. The van der Waals surface area contributed by atoms with Crippen LogP contribution in [0.3, 0.4) is 0 Å². The lowest BCUT2D eigenvalue weighted by molar-refractivity contribution is 0.100. The molecule has 9 heteroatoms. The largest absolute Gasteiger partial charge is 0.356 e. The van der Waals surface area contributed by atoms with Gasteiger partial charge in [0.15, 0.2) is 11.6 Å². The number of fused-ring (bicyclic) bond motifs is 1. The first-order chi connectivity index (χ1) is 14.6. The second kappa shape index (κ2) is 8.71. The topological polar surface area (TPSA) is 103 Å². The van der Waals surface area contributed by atoms with E-state index in [9.17, 15) is 18.0 Å². The molecule has 0 fully saturated rings. The third kappa shape index (κ3) is 4.66. The number of carbonyl (C=O) groups is 1. The Kier molecular flexibility index (Phi) is 6.24. The van der Waals surface area contributed by atoms with E-state index in [0.29, 0.717) is 17.4 Å². The fraction of sp³-hybridized carbons (Fsp3) is 0.227. The van der Waals surface area contributed by atoms with Gasteiger partial charge in [-0.05, 0) is 42.0 Å². The number of sulfonamides is 1. The summed E-state index contributed by atoms with van der Waals surface area (Å²) in [7, 11) is -0.572. The van der Waals surface area contributed by atoms with Gasteiger partial charge in [-0.3, -0.25) is 9.59 Å². The van der Waals surface area contributed by atoms with Gasteiger partial charge in [-0.1, -0.05) is 12.0 Å². The molecule has 0 saturated carbocycles. The number of carbonyl (C=O) groups excluding carboxylic acids is 1. The maximum absolute atomic E-state index is 12.4. The minimum atomic E-state index is -3.52. The quantitative estimate of drug-likeness (QED) is 0.447. The van der Waals surface area contributed by atoms with Gasteiger partial charge in [0, 0.05) is 33.3 Å². The Morgan fingerprint density at radius 3 is 2.42 bits per heavy atom. The molecule has 3 rings (SSSR count). The first-order valence-electron chi connectivity index (χ1n) is 9.38. The minimum Gasteiger partial charge on any atom is -0.356 e. The number of aromatic amines is 1. The molecule has 31 heavy (non-hydrogen) atoms. The average Bonchev–Trinajstić information content (AvgIpc) is 2.73. The molecule has 1 aromatic heterocycles. The maximum Gasteiger partial charge on any atom is 0.259 e. The van der Waals surface area contributed by atoms with E-state index in [1.165, 1.54) is 33.2 Å². The third-order valence-electron chi connectivity index (χ3n) is 4.74. The summed E-state index contributed by atoms with van der Waals surface area (Å²) in [5.41, 5.74) is 1.60. The van der Waals surface area contributed by atoms with E-state index in [2.05, 4.69) is 15.9 Å². The van der Waals surface area contributed by atoms with Crippen molar-refractivity contribution in [2.24, 2.45) is 0 Å². The highest BCUT2D eigenvalue weighted by atomic mass is 32.2. The minimum absolute atomic E-state index is 0.0203. The zero-order valence-corrected chi connectivity index (χ0v) is 18.2. The van der Waals surface area contributed by atoms with Crippen LogP contribution in [0.25, 0.3) is 10.9 Å². The molecule has 160 valence electrons. The number of hydrogen-bond donors (Lipinski definition) is 1. The number of rotatable bonds is 7. The van der Waals surface area contributed by atoms with Gasteiger partial charge in [-0.25, -0.2) is 17.7 Å². The van der Waals surface area contributed by atoms with Crippen molar-refractivity contribution in [3.05, 3.63) is 64.2 Å². The van der Waals surface area contributed by atoms with Crippen molar-refractivity contribution in [3.63, 3.8) is 0 Å². The second-order valence-electron chi connectivity index (χ2n) is 7.16. The monoisotopic (exact) mass is 438 g/mol. The van der Waals surface area contributed by atoms with Crippen LogP contribution in [0.2, 0.25) is 0 Å². The highest BCUT2D eigenvalue weighted by molar-refractivity contribution is 7.89. The van der Waals surface area contributed by atoms with E-state index in [1.54, 1.807) is 24.3 Å². The van der Waals surface area contributed by atoms with Crippen molar-refractivity contribution in [2.75, 3.05) is 25.5 Å². The van der Waals surface area contributed by atoms with Gasteiger partial charge >= 0.3 is 0 Å². The summed E-state index contributed by atoms with van der Waals surface area (Å²) in [5.74, 6) is 2.30. The Labute approximate surface area is 180 Å². The van der Waals surface area contributed by atoms with Crippen molar-refractivity contribution in [1.29, 1.82) is 0 Å². The van der Waals surface area contributed by atoms with Gasteiger partial charge in [0.1, 0.15) is 0 Å². The average molecular weight is 439 g/mol. The predicted octanol–water partition coefficient (Wildman–Crippen LogP) is 2.02. The molecule has 1 N–H and O–H groups in total. The fourth-order valence-electron chi connectivity index (χ4n) is 3.06. The van der Waals surface area contributed by atoms with Gasteiger partial charge in [0.05, 0.1) is 22.3 Å². The van der Waals surface area contributed by atoms with Gasteiger partial charge in [-0.2, -0.15) is 0 Å². The molecular formula is C22H22N4O4S. The van der Waals surface area contributed by atoms with Crippen molar-refractivity contribution >= 4 is 32.4 Å². The molecule has 0 aliphatic rings. The molecule has 0 saturated heterocycles. The summed E-state index contributed by atoms with van der Waals surface area (Å²) < 4.78 is 25.7. The van der Waals surface area contributed by atoms with Crippen molar-refractivity contribution < 1.29 is 13.2 Å². The Morgan fingerprint density at radius 2 is 1.84 bits per heavy atom. The van der Waals surface area contributed by atoms with Crippen LogP contribution in [0.4, 0.5) is 5.69 Å². The SMILES string of the molecule is C#CCN(Cc1ccc2nc(C(C)=O)[nH]c(=O)c2c1)c1ccc(S(=O)(=O)N(C)C)cc1. The summed E-state index contributed by atoms with van der Waals surface area (Å²) in [5, 5.41) is 0.371. The van der Waals surface area contributed by atoms with Crippen LogP contribution < -0.4 is 10.5 Å². The Bertz CT molecular complexity index is 1340. The smallest absolute Gasteiger partial charge is 0.259 e. The fourth-order valence-corrected chi connectivity index (χ4v) is 3.96. The molecule has 0 spiro atoms. The Morgan fingerprint density at radius 1 is 1.16 bits per heavy atom. The van der Waals surface area contributed by atoms with Crippen LogP contribution in [0.5, 0.6) is 0 Å². The van der Waals surface area contributed by atoms with E-state index in [-0.39, 0.29) is 23.0 Å². The lowest BCUT2D eigenvalue weighted by Gasteiger charge is -2.23. The normalized spacial score (nSPS) is 11.5. The van der Waals surface area contributed by atoms with Crippen molar-refractivity contribution in [1.82, 2.24) is 14.3 Å². The van der Waals surface area contributed by atoms with E-state index in [4.69, 9.17) is 6.42 Å². The molecule has 0 bridgehead atoms. The van der Waals surface area contributed by atoms with Crippen molar-refractivity contribution in [2.45, 2.75) is 18.4 Å². The zero-order valence-electron chi connectivity index (χ0n) is 17.4. The molecule has 0 aliphatic heterocycles. The van der Waals surface area contributed by atoms with Crippen LogP contribution in [-0.4, -0.2) is 49.1 Å². The van der Waals surface area contributed by atoms with E-state index >= 15 is 0 Å². The van der Waals surface area contributed by atoms with Crippen LogP contribution in [-0.2, 0) is 16.6 Å². The molecule has 3 aromatic rings. The lowest BCUT2D eigenvalue weighted by atomic mass is 10.1. The first kappa shape index (κ1) is 22.2.